The maximum absolute atomic E-state index is 12.0. The number of carbonyl (C=O) groups is 1. The number of aromatic nitrogens is 3. The molecule has 0 aromatic carbocycles. The van der Waals surface area contributed by atoms with Crippen molar-refractivity contribution in [1.82, 2.24) is 30.7 Å². The first-order valence-electron chi connectivity index (χ1n) is 10.5. The van der Waals surface area contributed by atoms with E-state index in [0.717, 1.165) is 31.0 Å². The number of aliphatic imine (C=N–C) groups is 1. The Balaban J connectivity index is 0.00000450. The van der Waals surface area contributed by atoms with Gasteiger partial charge in [-0.05, 0) is 47.5 Å². The first-order valence-corrected chi connectivity index (χ1v) is 10.5. The van der Waals surface area contributed by atoms with Crippen molar-refractivity contribution < 1.29 is 9.53 Å². The van der Waals surface area contributed by atoms with E-state index in [0.29, 0.717) is 19.0 Å². The first kappa shape index (κ1) is 26.4. The average molecular weight is 535 g/mol. The van der Waals surface area contributed by atoms with Gasteiger partial charge in [-0.25, -0.2) is 4.79 Å². The average Bonchev–Trinajstić information content (AvgIpc) is 2.82. The van der Waals surface area contributed by atoms with Gasteiger partial charge in [0.15, 0.2) is 5.96 Å². The third-order valence-electron chi connectivity index (χ3n) is 4.59. The van der Waals surface area contributed by atoms with Gasteiger partial charge in [-0.3, -0.25) is 4.99 Å². The molecule has 1 amide bonds. The van der Waals surface area contributed by atoms with Crippen molar-refractivity contribution in [3.63, 3.8) is 0 Å². The van der Waals surface area contributed by atoms with E-state index < -0.39 is 17.2 Å². The SMILES string of the molecule is CN=C(NCCc1nnc2n1CCCCC2)NCC(C)(C)NC(=O)OC(C)(C)C.I. The Labute approximate surface area is 197 Å². The fourth-order valence-corrected chi connectivity index (χ4v) is 3.17. The number of fused-ring (bicyclic) bond motifs is 1. The maximum atomic E-state index is 12.0. The van der Waals surface area contributed by atoms with Crippen molar-refractivity contribution in [3.05, 3.63) is 11.6 Å². The molecule has 1 aromatic rings. The standard InChI is InChI=1S/C20H37N7O2.HI/c1-19(2,3)29-18(28)24-20(4,5)14-23-17(21-6)22-12-11-16-26-25-15-10-8-7-9-13-27(15)16;/h7-14H2,1-6H3,(H,24,28)(H2,21,22,23);1H. The summed E-state index contributed by atoms with van der Waals surface area (Å²) >= 11 is 0. The summed E-state index contributed by atoms with van der Waals surface area (Å²) in [7, 11) is 1.73. The second-order valence-corrected chi connectivity index (χ2v) is 9.11. The van der Waals surface area contributed by atoms with Gasteiger partial charge in [-0.1, -0.05) is 6.42 Å². The molecule has 1 aromatic heterocycles. The lowest BCUT2D eigenvalue weighted by Gasteiger charge is -2.29. The highest BCUT2D eigenvalue weighted by Gasteiger charge is 2.24. The van der Waals surface area contributed by atoms with Crippen LogP contribution >= 0.6 is 24.0 Å². The van der Waals surface area contributed by atoms with Gasteiger partial charge in [0.1, 0.15) is 17.2 Å². The Morgan fingerprint density at radius 1 is 1.13 bits per heavy atom. The van der Waals surface area contributed by atoms with Crippen LogP contribution in [-0.2, 0) is 24.1 Å². The molecule has 0 unspecified atom stereocenters. The highest BCUT2D eigenvalue weighted by molar-refractivity contribution is 14.0. The largest absolute Gasteiger partial charge is 0.444 e. The van der Waals surface area contributed by atoms with Gasteiger partial charge < -0.3 is 25.3 Å². The summed E-state index contributed by atoms with van der Waals surface area (Å²) in [5, 5.41) is 18.2. The molecule has 0 radical (unpaired) electrons. The quantitative estimate of drug-likeness (QED) is 0.294. The van der Waals surface area contributed by atoms with Gasteiger partial charge >= 0.3 is 6.09 Å². The predicted octanol–water partition coefficient (Wildman–Crippen LogP) is 2.63. The fraction of sp³-hybridized carbons (Fsp3) is 0.800. The minimum absolute atomic E-state index is 0. The molecule has 0 fully saturated rings. The molecule has 0 bridgehead atoms. The summed E-state index contributed by atoms with van der Waals surface area (Å²) in [6.45, 7) is 11.6. The monoisotopic (exact) mass is 535 g/mol. The maximum Gasteiger partial charge on any atom is 0.408 e. The number of nitrogens with one attached hydrogen (secondary N) is 3. The van der Waals surface area contributed by atoms with Gasteiger partial charge in [-0.2, -0.15) is 0 Å². The van der Waals surface area contributed by atoms with Gasteiger partial charge in [0.05, 0.1) is 5.54 Å². The van der Waals surface area contributed by atoms with E-state index >= 15 is 0 Å². The second kappa shape index (κ2) is 11.7. The van der Waals surface area contributed by atoms with Crippen LogP contribution < -0.4 is 16.0 Å². The van der Waals surface area contributed by atoms with E-state index in [4.69, 9.17) is 4.74 Å². The van der Waals surface area contributed by atoms with Crippen molar-refractivity contribution >= 4 is 36.0 Å². The zero-order valence-electron chi connectivity index (χ0n) is 19.2. The summed E-state index contributed by atoms with van der Waals surface area (Å²) in [4.78, 5) is 16.3. The molecule has 0 spiro atoms. The van der Waals surface area contributed by atoms with Crippen LogP contribution in [0.25, 0.3) is 0 Å². The Kier molecular flexibility index (Phi) is 10.3. The number of amides is 1. The van der Waals surface area contributed by atoms with Crippen LogP contribution in [0.4, 0.5) is 4.79 Å². The molecule has 172 valence electrons. The number of alkyl carbamates (subject to hydrolysis) is 1. The summed E-state index contributed by atoms with van der Waals surface area (Å²) < 4.78 is 7.59. The second-order valence-electron chi connectivity index (χ2n) is 9.11. The van der Waals surface area contributed by atoms with E-state index in [1.807, 2.05) is 34.6 Å². The van der Waals surface area contributed by atoms with Crippen LogP contribution in [0.1, 0.15) is 65.5 Å². The molecule has 1 aliphatic rings. The lowest BCUT2D eigenvalue weighted by atomic mass is 10.1. The van der Waals surface area contributed by atoms with Gasteiger partial charge in [0.2, 0.25) is 0 Å². The molecule has 0 atom stereocenters. The molecular formula is C20H38IN7O2. The van der Waals surface area contributed by atoms with Crippen LogP contribution in [0.2, 0.25) is 0 Å². The van der Waals surface area contributed by atoms with Gasteiger partial charge in [0.25, 0.3) is 0 Å². The molecule has 10 heteroatoms. The number of rotatable bonds is 6. The number of nitrogens with zero attached hydrogens (tertiary/aromatic N) is 4. The van der Waals surface area contributed by atoms with Crippen molar-refractivity contribution in [3.8, 4) is 0 Å². The van der Waals surface area contributed by atoms with Gasteiger partial charge in [-0.15, -0.1) is 34.2 Å². The summed E-state index contributed by atoms with van der Waals surface area (Å²) in [5.41, 5.74) is -1.02. The minimum Gasteiger partial charge on any atom is -0.444 e. The highest BCUT2D eigenvalue weighted by Crippen LogP contribution is 2.14. The van der Waals surface area contributed by atoms with Crippen LogP contribution in [0.15, 0.2) is 4.99 Å². The molecule has 1 aliphatic heterocycles. The van der Waals surface area contributed by atoms with E-state index in [1.165, 1.54) is 19.3 Å². The number of hydrogen-bond acceptors (Lipinski definition) is 5. The lowest BCUT2D eigenvalue weighted by Crippen LogP contribution is -2.54. The van der Waals surface area contributed by atoms with Crippen molar-refractivity contribution in [2.24, 2.45) is 4.99 Å². The Morgan fingerprint density at radius 2 is 1.87 bits per heavy atom. The number of ether oxygens (including phenoxy) is 1. The lowest BCUT2D eigenvalue weighted by molar-refractivity contribution is 0.0474. The van der Waals surface area contributed by atoms with Crippen molar-refractivity contribution in [1.29, 1.82) is 0 Å². The smallest absolute Gasteiger partial charge is 0.408 e. The number of guanidine groups is 1. The van der Waals surface area contributed by atoms with Crippen LogP contribution in [0, 0.1) is 0 Å². The third kappa shape index (κ3) is 9.05. The summed E-state index contributed by atoms with van der Waals surface area (Å²) in [6.07, 6.45) is 5.01. The molecule has 3 N–H and O–H groups in total. The number of carbonyl (C=O) groups excluding carboxylic acids is 1. The van der Waals surface area contributed by atoms with Crippen LogP contribution in [-0.4, -0.2) is 58.1 Å². The molecule has 0 aliphatic carbocycles. The zero-order valence-corrected chi connectivity index (χ0v) is 21.5. The van der Waals surface area contributed by atoms with E-state index in [-0.39, 0.29) is 24.0 Å². The van der Waals surface area contributed by atoms with E-state index in [2.05, 4.69) is 35.7 Å². The Hall–Kier alpha value is -1.59. The van der Waals surface area contributed by atoms with Crippen LogP contribution in [0.3, 0.4) is 0 Å². The Bertz CT molecular complexity index is 710. The summed E-state index contributed by atoms with van der Waals surface area (Å²) in [6, 6.07) is 0. The molecular weight excluding hydrogens is 497 g/mol. The molecule has 9 nitrogen and oxygen atoms in total. The molecule has 2 rings (SSSR count). The van der Waals surface area contributed by atoms with E-state index in [9.17, 15) is 4.79 Å². The normalized spacial score (nSPS) is 14.8. The molecule has 30 heavy (non-hydrogen) atoms. The van der Waals surface area contributed by atoms with E-state index in [1.54, 1.807) is 7.05 Å². The van der Waals surface area contributed by atoms with Crippen molar-refractivity contribution in [2.75, 3.05) is 20.1 Å². The predicted molar refractivity (Wildman–Crippen MR) is 130 cm³/mol. The molecule has 0 saturated carbocycles. The first-order chi connectivity index (χ1) is 13.6. The number of aryl methyl sites for hydroxylation is 1. The topological polar surface area (TPSA) is 105 Å². The van der Waals surface area contributed by atoms with Gasteiger partial charge in [0, 0.05) is 39.5 Å². The minimum atomic E-state index is -0.523. The third-order valence-corrected chi connectivity index (χ3v) is 4.59. The number of halogens is 1. The fourth-order valence-electron chi connectivity index (χ4n) is 3.17. The Morgan fingerprint density at radius 3 is 2.53 bits per heavy atom. The number of hydrogen-bond donors (Lipinski definition) is 3. The van der Waals surface area contributed by atoms with Crippen LogP contribution in [0.5, 0.6) is 0 Å². The van der Waals surface area contributed by atoms with Crippen molar-refractivity contribution in [2.45, 2.75) is 84.4 Å². The summed E-state index contributed by atoms with van der Waals surface area (Å²) in [5.74, 6) is 2.81. The molecule has 2 heterocycles. The zero-order chi connectivity index (χ0) is 21.5. The molecule has 0 saturated heterocycles. The highest BCUT2D eigenvalue weighted by atomic mass is 127.